The van der Waals surface area contributed by atoms with E-state index < -0.39 is 0 Å². The van der Waals surface area contributed by atoms with Gasteiger partial charge < -0.3 is 10.0 Å². The van der Waals surface area contributed by atoms with Crippen molar-refractivity contribution in [2.75, 3.05) is 33.8 Å². The lowest BCUT2D eigenvalue weighted by molar-refractivity contribution is 0.129. The summed E-state index contributed by atoms with van der Waals surface area (Å²) in [5.41, 5.74) is 2.36. The molecule has 21 heavy (non-hydrogen) atoms. The first-order valence-electron chi connectivity index (χ1n) is 7.77. The molecule has 0 amide bonds. The summed E-state index contributed by atoms with van der Waals surface area (Å²) >= 11 is 0. The van der Waals surface area contributed by atoms with E-state index in [1.54, 1.807) is 0 Å². The highest BCUT2D eigenvalue weighted by Crippen LogP contribution is 2.17. The number of likely N-dealkylation sites (tertiary alicyclic amines) is 1. The van der Waals surface area contributed by atoms with Crippen LogP contribution in [0.25, 0.3) is 0 Å². The van der Waals surface area contributed by atoms with Crippen molar-refractivity contribution in [2.24, 2.45) is 0 Å². The van der Waals surface area contributed by atoms with Gasteiger partial charge >= 0.3 is 0 Å². The van der Waals surface area contributed by atoms with Crippen LogP contribution in [-0.2, 0) is 6.54 Å². The number of aliphatic hydroxyl groups is 1. The highest BCUT2D eigenvalue weighted by atomic mass is 16.2. The Kier molecular flexibility index (Phi) is 6.25. The summed E-state index contributed by atoms with van der Waals surface area (Å²) in [5.74, 6) is 6.21. The zero-order valence-electron chi connectivity index (χ0n) is 13.2. The molecule has 1 saturated heterocycles. The Hall–Kier alpha value is -1.34. The number of piperidine rings is 1. The number of likely N-dealkylation sites (N-methyl/N-ethyl adjacent to an activating group) is 2. The van der Waals surface area contributed by atoms with Crippen molar-refractivity contribution in [2.45, 2.75) is 31.8 Å². The molecule has 1 unspecified atom stereocenters. The van der Waals surface area contributed by atoms with Crippen LogP contribution in [0.15, 0.2) is 24.3 Å². The van der Waals surface area contributed by atoms with E-state index >= 15 is 0 Å². The smallest absolute Gasteiger partial charge is 0.0540 e. The van der Waals surface area contributed by atoms with Crippen LogP contribution in [0, 0.1) is 11.8 Å². The predicted molar refractivity (Wildman–Crippen MR) is 87.0 cm³/mol. The molecule has 114 valence electrons. The normalized spacial score (nSPS) is 19.3. The maximum Gasteiger partial charge on any atom is 0.0540 e. The molecule has 1 aliphatic rings. The number of nitrogens with zero attached hydrogens (tertiary/aromatic N) is 2. The predicted octanol–water partition coefficient (Wildman–Crippen LogP) is 1.95. The summed E-state index contributed by atoms with van der Waals surface area (Å²) in [6, 6.07) is 8.96. The number of hydrogen-bond donors (Lipinski definition) is 1. The second-order valence-electron chi connectivity index (χ2n) is 5.91. The molecule has 1 fully saturated rings. The molecule has 0 saturated carbocycles. The van der Waals surface area contributed by atoms with E-state index in [0.717, 1.165) is 18.7 Å². The van der Waals surface area contributed by atoms with Crippen molar-refractivity contribution in [3.63, 3.8) is 0 Å². The van der Waals surface area contributed by atoms with Gasteiger partial charge in [-0.3, -0.25) is 4.90 Å². The monoisotopic (exact) mass is 286 g/mol. The standard InChI is InChI=1S/C18H26N2O/c1-19-12-7-11-18(15-19)20(2)14-17-10-4-3-8-16(17)9-5-6-13-21/h3-4,8,10,18,21H,6-7,11-15H2,1-2H3. The number of benzene rings is 1. The van der Waals surface area contributed by atoms with Crippen molar-refractivity contribution in [1.82, 2.24) is 9.80 Å². The third-order valence-electron chi connectivity index (χ3n) is 4.12. The summed E-state index contributed by atoms with van der Waals surface area (Å²) < 4.78 is 0. The molecule has 0 radical (unpaired) electrons. The molecule has 3 nitrogen and oxygen atoms in total. The van der Waals surface area contributed by atoms with E-state index in [1.807, 2.05) is 6.07 Å². The summed E-state index contributed by atoms with van der Waals surface area (Å²) in [6.07, 6.45) is 3.10. The highest BCUT2D eigenvalue weighted by Gasteiger charge is 2.21. The fourth-order valence-electron chi connectivity index (χ4n) is 2.89. The van der Waals surface area contributed by atoms with Crippen LogP contribution in [-0.4, -0.2) is 54.7 Å². The molecule has 1 aliphatic heterocycles. The van der Waals surface area contributed by atoms with Gasteiger partial charge in [0.1, 0.15) is 0 Å². The molecule has 1 heterocycles. The summed E-state index contributed by atoms with van der Waals surface area (Å²) in [7, 11) is 4.41. The lowest BCUT2D eigenvalue weighted by Crippen LogP contribution is -2.44. The average molecular weight is 286 g/mol. The Bertz CT molecular complexity index is 503. The molecule has 1 atom stereocenters. The van der Waals surface area contributed by atoms with E-state index in [-0.39, 0.29) is 6.61 Å². The van der Waals surface area contributed by atoms with E-state index in [9.17, 15) is 0 Å². The fraction of sp³-hybridized carbons (Fsp3) is 0.556. The molecule has 0 spiro atoms. The minimum absolute atomic E-state index is 0.128. The lowest BCUT2D eigenvalue weighted by Gasteiger charge is -2.36. The second-order valence-corrected chi connectivity index (χ2v) is 5.91. The Balaban J connectivity index is 2.03. The van der Waals surface area contributed by atoms with Crippen LogP contribution in [0.2, 0.25) is 0 Å². The van der Waals surface area contributed by atoms with E-state index in [4.69, 9.17) is 5.11 Å². The third kappa shape index (κ3) is 4.86. The van der Waals surface area contributed by atoms with Crippen molar-refractivity contribution in [1.29, 1.82) is 0 Å². The Morgan fingerprint density at radius 1 is 1.38 bits per heavy atom. The first kappa shape index (κ1) is 16.0. The van der Waals surface area contributed by atoms with Crippen molar-refractivity contribution in [3.8, 4) is 11.8 Å². The van der Waals surface area contributed by atoms with Gasteiger partial charge in [0.25, 0.3) is 0 Å². The van der Waals surface area contributed by atoms with Crippen LogP contribution in [0.1, 0.15) is 30.4 Å². The maximum absolute atomic E-state index is 8.84. The molecule has 0 bridgehead atoms. The zero-order chi connectivity index (χ0) is 15.1. The molecular weight excluding hydrogens is 260 g/mol. The third-order valence-corrected chi connectivity index (χ3v) is 4.12. The molecule has 0 aliphatic carbocycles. The molecule has 1 aromatic rings. The first-order valence-corrected chi connectivity index (χ1v) is 7.77. The quantitative estimate of drug-likeness (QED) is 0.857. The van der Waals surface area contributed by atoms with Gasteiger partial charge in [-0.1, -0.05) is 30.0 Å². The minimum atomic E-state index is 0.128. The minimum Gasteiger partial charge on any atom is -0.395 e. The molecule has 0 aromatic heterocycles. The van der Waals surface area contributed by atoms with E-state index in [1.165, 1.54) is 24.9 Å². The van der Waals surface area contributed by atoms with Crippen LogP contribution >= 0.6 is 0 Å². The molecular formula is C18H26N2O. The second kappa shape index (κ2) is 8.19. The zero-order valence-corrected chi connectivity index (χ0v) is 13.2. The van der Waals surface area contributed by atoms with Gasteiger partial charge in [0.15, 0.2) is 0 Å². The van der Waals surface area contributed by atoms with Crippen LogP contribution in [0.3, 0.4) is 0 Å². The molecule has 1 aromatic carbocycles. The van der Waals surface area contributed by atoms with E-state index in [0.29, 0.717) is 12.5 Å². The van der Waals surface area contributed by atoms with Gasteiger partial charge in [-0.2, -0.15) is 0 Å². The summed E-state index contributed by atoms with van der Waals surface area (Å²) in [4.78, 5) is 4.86. The number of rotatable bonds is 4. The van der Waals surface area contributed by atoms with Gasteiger partial charge in [0, 0.05) is 31.1 Å². The molecule has 2 rings (SSSR count). The van der Waals surface area contributed by atoms with Gasteiger partial charge in [-0.05, 0) is 45.1 Å². The Labute approximate surface area is 128 Å². The van der Waals surface area contributed by atoms with E-state index in [2.05, 4.69) is 53.9 Å². The van der Waals surface area contributed by atoms with Crippen LogP contribution < -0.4 is 0 Å². The average Bonchev–Trinajstić information content (AvgIpc) is 2.49. The molecule has 3 heteroatoms. The van der Waals surface area contributed by atoms with Gasteiger partial charge in [0.05, 0.1) is 6.61 Å². The topological polar surface area (TPSA) is 26.7 Å². The Morgan fingerprint density at radius 3 is 2.95 bits per heavy atom. The van der Waals surface area contributed by atoms with Crippen molar-refractivity contribution in [3.05, 3.63) is 35.4 Å². The SMILES string of the molecule is CN1CCCC(N(C)Cc2ccccc2C#CCCO)C1. The maximum atomic E-state index is 8.84. The summed E-state index contributed by atoms with van der Waals surface area (Å²) in [5, 5.41) is 8.84. The lowest BCUT2D eigenvalue weighted by atomic mass is 10.0. The fourth-order valence-corrected chi connectivity index (χ4v) is 2.89. The van der Waals surface area contributed by atoms with Gasteiger partial charge in [-0.25, -0.2) is 0 Å². The van der Waals surface area contributed by atoms with Crippen molar-refractivity contribution < 1.29 is 5.11 Å². The van der Waals surface area contributed by atoms with Gasteiger partial charge in [0.2, 0.25) is 0 Å². The van der Waals surface area contributed by atoms with Gasteiger partial charge in [-0.15, -0.1) is 0 Å². The van der Waals surface area contributed by atoms with Crippen LogP contribution in [0.5, 0.6) is 0 Å². The number of aliphatic hydroxyl groups excluding tert-OH is 1. The van der Waals surface area contributed by atoms with Crippen molar-refractivity contribution >= 4 is 0 Å². The first-order chi connectivity index (χ1) is 10.2. The highest BCUT2D eigenvalue weighted by molar-refractivity contribution is 5.41. The summed E-state index contributed by atoms with van der Waals surface area (Å²) in [6.45, 7) is 3.42. The largest absolute Gasteiger partial charge is 0.395 e. The van der Waals surface area contributed by atoms with Crippen LogP contribution in [0.4, 0.5) is 0 Å². The number of hydrogen-bond acceptors (Lipinski definition) is 3. The molecule has 1 N–H and O–H groups in total. The Morgan fingerprint density at radius 2 is 2.19 bits per heavy atom.